The minimum absolute atomic E-state index is 0.472. The number of hydrogen-bond donors (Lipinski definition) is 2. The van der Waals surface area contributed by atoms with Crippen LogP contribution in [0.2, 0.25) is 0 Å². The fourth-order valence-corrected chi connectivity index (χ4v) is 2.96. The Balaban J connectivity index is 3.50. The fourth-order valence-electron chi connectivity index (χ4n) is 2.96. The average Bonchev–Trinajstić information content (AvgIpc) is 2.51. The lowest BCUT2D eigenvalue weighted by Crippen LogP contribution is -2.27. The monoisotopic (exact) mass is 328 g/mol. The van der Waals surface area contributed by atoms with Crippen LogP contribution in [0.1, 0.15) is 97.3 Å². The Morgan fingerprint density at radius 2 is 1.09 bits per heavy atom. The first kappa shape index (κ1) is 21.9. The Hall–Kier alpha value is -1.06. The van der Waals surface area contributed by atoms with Crippen LogP contribution in [0.3, 0.4) is 0 Å². The number of carboxylic acids is 2. The highest BCUT2D eigenvalue weighted by Gasteiger charge is 2.29. The second-order valence-corrected chi connectivity index (χ2v) is 6.75. The lowest BCUT2D eigenvalue weighted by molar-refractivity contribution is -0.153. The van der Waals surface area contributed by atoms with Crippen molar-refractivity contribution < 1.29 is 19.8 Å². The van der Waals surface area contributed by atoms with Gasteiger partial charge in [0.15, 0.2) is 0 Å². The zero-order chi connectivity index (χ0) is 17.5. The van der Waals surface area contributed by atoms with Gasteiger partial charge < -0.3 is 10.2 Å². The number of carboxylic acid groups (broad SMARTS) is 2. The molecule has 0 spiro atoms. The summed E-state index contributed by atoms with van der Waals surface area (Å²) in [5, 5.41) is 18.0. The van der Waals surface area contributed by atoms with Crippen molar-refractivity contribution in [3.8, 4) is 0 Å². The zero-order valence-electron chi connectivity index (χ0n) is 15.1. The van der Waals surface area contributed by atoms with Gasteiger partial charge in [-0.1, -0.05) is 90.9 Å². The topological polar surface area (TPSA) is 74.6 Å². The van der Waals surface area contributed by atoms with Crippen LogP contribution >= 0.6 is 0 Å². The molecule has 2 N–H and O–H groups in total. The summed E-state index contributed by atoms with van der Waals surface area (Å²) in [5.41, 5.74) is 0. The Morgan fingerprint density at radius 3 is 1.43 bits per heavy atom. The van der Waals surface area contributed by atoms with Crippen LogP contribution in [0.5, 0.6) is 0 Å². The number of unbranched alkanes of at least 4 members (excludes halogenated alkanes) is 11. The molecule has 0 amide bonds. The van der Waals surface area contributed by atoms with Gasteiger partial charge >= 0.3 is 11.9 Å². The quantitative estimate of drug-likeness (QED) is 0.367. The highest BCUT2D eigenvalue weighted by Crippen LogP contribution is 2.21. The Labute approximate surface area is 141 Å². The van der Waals surface area contributed by atoms with Gasteiger partial charge in [-0.05, 0) is 6.42 Å². The third kappa shape index (κ3) is 12.1. The summed E-state index contributed by atoms with van der Waals surface area (Å²) < 4.78 is 0. The first-order valence-corrected chi connectivity index (χ1v) is 9.46. The van der Waals surface area contributed by atoms with Gasteiger partial charge in [0.25, 0.3) is 0 Å². The van der Waals surface area contributed by atoms with E-state index in [9.17, 15) is 9.59 Å². The standard InChI is InChI=1S/C19H36O4/c1-3-4-5-6-7-8-9-10-11-12-13-14-15-17(19(22)23)16(2)18(20)21/h16-17H,3-15H2,1-2H3,(H,20,21)(H,22,23). The van der Waals surface area contributed by atoms with Gasteiger partial charge in [-0.3, -0.25) is 9.59 Å². The molecule has 0 aromatic heterocycles. The molecular formula is C19H36O4. The minimum Gasteiger partial charge on any atom is -0.481 e. The fraction of sp³-hybridized carbons (Fsp3) is 0.895. The highest BCUT2D eigenvalue weighted by molar-refractivity contribution is 5.79. The molecule has 2 unspecified atom stereocenters. The highest BCUT2D eigenvalue weighted by atomic mass is 16.4. The summed E-state index contributed by atoms with van der Waals surface area (Å²) in [7, 11) is 0. The molecule has 0 aliphatic carbocycles. The van der Waals surface area contributed by atoms with Crippen molar-refractivity contribution >= 4 is 11.9 Å². The van der Waals surface area contributed by atoms with Gasteiger partial charge in [-0.25, -0.2) is 0 Å². The Morgan fingerprint density at radius 1 is 0.696 bits per heavy atom. The summed E-state index contributed by atoms with van der Waals surface area (Å²) in [6.07, 6.45) is 15.3. The molecule has 0 aromatic rings. The molecule has 136 valence electrons. The van der Waals surface area contributed by atoms with E-state index in [-0.39, 0.29) is 0 Å². The molecule has 0 bridgehead atoms. The lowest BCUT2D eigenvalue weighted by atomic mass is 9.89. The van der Waals surface area contributed by atoms with Crippen LogP contribution in [0, 0.1) is 11.8 Å². The molecule has 0 saturated heterocycles. The summed E-state index contributed by atoms with van der Waals surface area (Å²) in [5.74, 6) is -3.56. The number of hydrogen-bond acceptors (Lipinski definition) is 2. The van der Waals surface area contributed by atoms with Gasteiger partial charge in [0, 0.05) is 0 Å². The zero-order valence-corrected chi connectivity index (χ0v) is 15.1. The number of rotatable bonds is 16. The van der Waals surface area contributed by atoms with E-state index in [2.05, 4.69) is 6.92 Å². The van der Waals surface area contributed by atoms with E-state index in [1.807, 2.05) is 0 Å². The van der Waals surface area contributed by atoms with E-state index in [0.29, 0.717) is 6.42 Å². The van der Waals surface area contributed by atoms with Crippen molar-refractivity contribution in [2.24, 2.45) is 11.8 Å². The van der Waals surface area contributed by atoms with Gasteiger partial charge in [-0.2, -0.15) is 0 Å². The Bertz CT molecular complexity index is 314. The second-order valence-electron chi connectivity index (χ2n) is 6.75. The van der Waals surface area contributed by atoms with Crippen LogP contribution in [-0.2, 0) is 9.59 Å². The van der Waals surface area contributed by atoms with E-state index in [0.717, 1.165) is 19.3 Å². The average molecular weight is 328 g/mol. The van der Waals surface area contributed by atoms with Crippen molar-refractivity contribution in [3.05, 3.63) is 0 Å². The third-order valence-electron chi connectivity index (χ3n) is 4.68. The van der Waals surface area contributed by atoms with E-state index in [1.165, 1.54) is 64.7 Å². The predicted molar refractivity (Wildman–Crippen MR) is 93.6 cm³/mol. The number of carbonyl (C=O) groups is 2. The summed E-state index contributed by atoms with van der Waals surface area (Å²) >= 11 is 0. The molecule has 0 saturated carbocycles. The number of aliphatic carboxylic acids is 2. The van der Waals surface area contributed by atoms with Crippen LogP contribution in [0.25, 0.3) is 0 Å². The molecule has 4 nitrogen and oxygen atoms in total. The van der Waals surface area contributed by atoms with Crippen molar-refractivity contribution in [3.63, 3.8) is 0 Å². The van der Waals surface area contributed by atoms with E-state index in [4.69, 9.17) is 10.2 Å². The van der Waals surface area contributed by atoms with Gasteiger partial charge in [0.2, 0.25) is 0 Å². The molecule has 0 fully saturated rings. The molecular weight excluding hydrogens is 292 g/mol. The molecule has 0 aliphatic rings. The third-order valence-corrected chi connectivity index (χ3v) is 4.68. The van der Waals surface area contributed by atoms with Crippen LogP contribution < -0.4 is 0 Å². The molecule has 0 rings (SSSR count). The van der Waals surface area contributed by atoms with Crippen molar-refractivity contribution in [2.45, 2.75) is 97.3 Å². The molecule has 0 aromatic carbocycles. The van der Waals surface area contributed by atoms with Gasteiger partial charge in [0.1, 0.15) is 0 Å². The van der Waals surface area contributed by atoms with Gasteiger partial charge in [0.05, 0.1) is 11.8 Å². The maximum Gasteiger partial charge on any atom is 0.307 e. The molecule has 0 radical (unpaired) electrons. The summed E-state index contributed by atoms with van der Waals surface area (Å²) in [4.78, 5) is 22.0. The van der Waals surface area contributed by atoms with Gasteiger partial charge in [-0.15, -0.1) is 0 Å². The largest absolute Gasteiger partial charge is 0.481 e. The summed E-state index contributed by atoms with van der Waals surface area (Å²) in [6, 6.07) is 0. The lowest BCUT2D eigenvalue weighted by Gasteiger charge is -2.16. The molecule has 0 heterocycles. The summed E-state index contributed by atoms with van der Waals surface area (Å²) in [6.45, 7) is 3.72. The van der Waals surface area contributed by atoms with E-state index in [1.54, 1.807) is 0 Å². The second kappa shape index (κ2) is 14.5. The van der Waals surface area contributed by atoms with Crippen LogP contribution in [0.15, 0.2) is 0 Å². The van der Waals surface area contributed by atoms with Crippen molar-refractivity contribution in [1.82, 2.24) is 0 Å². The van der Waals surface area contributed by atoms with E-state index < -0.39 is 23.8 Å². The predicted octanol–water partition coefficient (Wildman–Crippen LogP) is 5.50. The smallest absolute Gasteiger partial charge is 0.307 e. The van der Waals surface area contributed by atoms with E-state index >= 15 is 0 Å². The molecule has 23 heavy (non-hydrogen) atoms. The first-order valence-electron chi connectivity index (χ1n) is 9.46. The SMILES string of the molecule is CCCCCCCCCCCCCCC(C(=O)O)C(C)C(=O)O. The normalized spacial score (nSPS) is 13.7. The van der Waals surface area contributed by atoms with Crippen molar-refractivity contribution in [1.29, 1.82) is 0 Å². The first-order chi connectivity index (χ1) is 11.0. The van der Waals surface area contributed by atoms with Crippen LogP contribution in [-0.4, -0.2) is 22.2 Å². The molecule has 4 heteroatoms. The van der Waals surface area contributed by atoms with Crippen molar-refractivity contribution in [2.75, 3.05) is 0 Å². The molecule has 0 aliphatic heterocycles. The minimum atomic E-state index is -1.02. The maximum absolute atomic E-state index is 11.1. The van der Waals surface area contributed by atoms with Crippen LogP contribution in [0.4, 0.5) is 0 Å². The maximum atomic E-state index is 11.1. The molecule has 2 atom stereocenters. The Kier molecular flexibility index (Phi) is 13.9.